The van der Waals surface area contributed by atoms with E-state index in [4.69, 9.17) is 11.6 Å². The second kappa shape index (κ2) is 3.69. The van der Waals surface area contributed by atoms with Gasteiger partial charge in [-0.15, -0.1) is 0 Å². The third kappa shape index (κ3) is 1.86. The number of rotatable bonds is 1. The molecule has 0 aromatic carbocycles. The first-order valence-electron chi connectivity index (χ1n) is 4.42. The lowest BCUT2D eigenvalue weighted by Gasteiger charge is -2.10. The van der Waals surface area contributed by atoms with Crippen LogP contribution in [-0.2, 0) is 12.6 Å². The minimum Gasteiger partial charge on any atom is -0.259 e. The Hall–Kier alpha value is -1.63. The van der Waals surface area contributed by atoms with Gasteiger partial charge in [-0.05, 0) is 0 Å². The highest BCUT2D eigenvalue weighted by atomic mass is 35.5. The number of hydrogen-bond acceptors (Lipinski definition) is 3. The van der Waals surface area contributed by atoms with Crippen molar-refractivity contribution in [2.24, 2.45) is 0 Å². The van der Waals surface area contributed by atoms with Crippen LogP contribution in [0.15, 0.2) is 12.3 Å². The molecule has 0 spiro atoms. The van der Waals surface area contributed by atoms with Crippen LogP contribution < -0.4 is 0 Å². The standard InChI is InChI=1S/C9H4ClF3N2O2/c10-8-4(9(11,12)13)3-14-5-1-2-6(7(5)8)15(16)17/h2-3H,1H2. The molecule has 8 heteroatoms. The summed E-state index contributed by atoms with van der Waals surface area (Å²) in [6.45, 7) is 0. The number of nitro groups is 1. The number of fused-ring (bicyclic) bond motifs is 1. The highest BCUT2D eigenvalue weighted by Gasteiger charge is 2.38. The molecule has 0 fully saturated rings. The van der Waals surface area contributed by atoms with Crippen LogP contribution in [0.4, 0.5) is 13.2 Å². The smallest absolute Gasteiger partial charge is 0.259 e. The minimum absolute atomic E-state index is 0.115. The molecule has 0 saturated heterocycles. The van der Waals surface area contributed by atoms with Crippen molar-refractivity contribution in [3.8, 4) is 0 Å². The van der Waals surface area contributed by atoms with Crippen LogP contribution in [-0.4, -0.2) is 9.91 Å². The molecule has 17 heavy (non-hydrogen) atoms. The second-order valence-corrected chi connectivity index (χ2v) is 3.73. The quantitative estimate of drug-likeness (QED) is 0.579. The van der Waals surface area contributed by atoms with E-state index in [1.165, 1.54) is 6.08 Å². The Balaban J connectivity index is 2.64. The zero-order chi connectivity index (χ0) is 12.8. The van der Waals surface area contributed by atoms with E-state index in [9.17, 15) is 23.3 Å². The Bertz CT molecular complexity index is 540. The van der Waals surface area contributed by atoms with Crippen LogP contribution in [0, 0.1) is 10.1 Å². The van der Waals surface area contributed by atoms with Gasteiger partial charge in [-0.3, -0.25) is 15.1 Å². The van der Waals surface area contributed by atoms with Gasteiger partial charge in [-0.2, -0.15) is 13.2 Å². The van der Waals surface area contributed by atoms with Gasteiger partial charge in [0, 0.05) is 18.7 Å². The molecule has 1 aromatic heterocycles. The topological polar surface area (TPSA) is 56.0 Å². The molecule has 0 bridgehead atoms. The van der Waals surface area contributed by atoms with Crippen molar-refractivity contribution in [2.45, 2.75) is 12.6 Å². The number of halogens is 4. The van der Waals surface area contributed by atoms with Crippen molar-refractivity contribution in [3.63, 3.8) is 0 Å². The van der Waals surface area contributed by atoms with Crippen LogP contribution in [0.25, 0.3) is 5.70 Å². The van der Waals surface area contributed by atoms with Crippen molar-refractivity contribution < 1.29 is 18.1 Å². The van der Waals surface area contributed by atoms with Gasteiger partial charge in [0.1, 0.15) is 0 Å². The van der Waals surface area contributed by atoms with E-state index in [-0.39, 0.29) is 17.7 Å². The number of pyridine rings is 1. The van der Waals surface area contributed by atoms with E-state index >= 15 is 0 Å². The molecule has 0 atom stereocenters. The summed E-state index contributed by atoms with van der Waals surface area (Å²) < 4.78 is 37.6. The summed E-state index contributed by atoms with van der Waals surface area (Å²) in [5, 5.41) is 9.98. The second-order valence-electron chi connectivity index (χ2n) is 3.36. The van der Waals surface area contributed by atoms with E-state index in [1.807, 2.05) is 0 Å². The van der Waals surface area contributed by atoms with Crippen LogP contribution in [0.3, 0.4) is 0 Å². The van der Waals surface area contributed by atoms with E-state index in [2.05, 4.69) is 4.98 Å². The Morgan fingerprint density at radius 1 is 1.47 bits per heavy atom. The van der Waals surface area contributed by atoms with Gasteiger partial charge >= 0.3 is 6.18 Å². The summed E-state index contributed by atoms with van der Waals surface area (Å²) in [6.07, 6.45) is -2.77. The van der Waals surface area contributed by atoms with Gasteiger partial charge in [-0.1, -0.05) is 11.6 Å². The molecular weight excluding hydrogens is 261 g/mol. The fourth-order valence-corrected chi connectivity index (χ4v) is 1.96. The third-order valence-electron chi connectivity index (χ3n) is 2.34. The lowest BCUT2D eigenvalue weighted by atomic mass is 10.1. The molecule has 1 heterocycles. The first-order chi connectivity index (χ1) is 7.82. The fraction of sp³-hybridized carbons (Fsp3) is 0.222. The van der Waals surface area contributed by atoms with Crippen molar-refractivity contribution in [3.05, 3.63) is 44.2 Å². The van der Waals surface area contributed by atoms with Gasteiger partial charge in [0.15, 0.2) is 0 Å². The predicted octanol–water partition coefficient (Wildman–Crippen LogP) is 2.93. The average molecular weight is 265 g/mol. The Morgan fingerprint density at radius 3 is 2.65 bits per heavy atom. The summed E-state index contributed by atoms with van der Waals surface area (Å²) in [5.74, 6) is 0. The highest BCUT2D eigenvalue weighted by molar-refractivity contribution is 6.33. The number of aromatic nitrogens is 1. The first-order valence-corrected chi connectivity index (χ1v) is 4.79. The molecule has 0 unspecified atom stereocenters. The lowest BCUT2D eigenvalue weighted by Crippen LogP contribution is -2.10. The minimum atomic E-state index is -4.68. The maximum atomic E-state index is 12.5. The van der Waals surface area contributed by atoms with Crippen molar-refractivity contribution >= 4 is 17.3 Å². The summed E-state index contributed by atoms with van der Waals surface area (Å²) in [5.41, 5.74) is -1.63. The molecule has 90 valence electrons. The number of hydrogen-bond donors (Lipinski definition) is 0. The van der Waals surface area contributed by atoms with Gasteiger partial charge < -0.3 is 0 Å². The molecule has 2 rings (SSSR count). The molecule has 0 radical (unpaired) electrons. The van der Waals surface area contributed by atoms with Crippen LogP contribution in [0.1, 0.15) is 16.8 Å². The molecule has 4 nitrogen and oxygen atoms in total. The van der Waals surface area contributed by atoms with Crippen molar-refractivity contribution in [1.82, 2.24) is 4.98 Å². The van der Waals surface area contributed by atoms with Gasteiger partial charge in [0.2, 0.25) is 0 Å². The maximum absolute atomic E-state index is 12.5. The molecular formula is C9H4ClF3N2O2. The van der Waals surface area contributed by atoms with Gasteiger partial charge in [-0.25, -0.2) is 0 Å². The molecule has 1 aromatic rings. The van der Waals surface area contributed by atoms with Gasteiger partial charge in [0.05, 0.1) is 26.8 Å². The number of allylic oxidation sites excluding steroid dienone is 1. The van der Waals surface area contributed by atoms with Crippen LogP contribution in [0.2, 0.25) is 5.02 Å². The summed E-state index contributed by atoms with van der Waals surface area (Å²) >= 11 is 5.57. The van der Waals surface area contributed by atoms with Gasteiger partial charge in [0.25, 0.3) is 5.70 Å². The molecule has 0 saturated carbocycles. The Morgan fingerprint density at radius 2 is 2.12 bits per heavy atom. The molecule has 0 aliphatic heterocycles. The molecule has 1 aliphatic carbocycles. The lowest BCUT2D eigenvalue weighted by molar-refractivity contribution is -0.375. The summed E-state index contributed by atoms with van der Waals surface area (Å²) in [6, 6.07) is 0. The first kappa shape index (κ1) is 11.8. The monoisotopic (exact) mass is 264 g/mol. The third-order valence-corrected chi connectivity index (χ3v) is 2.73. The highest BCUT2D eigenvalue weighted by Crippen LogP contribution is 2.41. The van der Waals surface area contributed by atoms with Crippen LogP contribution in [0.5, 0.6) is 0 Å². The SMILES string of the molecule is O=[N+]([O-])C1=CCc2ncc(C(F)(F)F)c(Cl)c21. The van der Waals surface area contributed by atoms with E-state index in [1.54, 1.807) is 0 Å². The van der Waals surface area contributed by atoms with E-state index in [0.29, 0.717) is 6.20 Å². The summed E-state index contributed by atoms with van der Waals surface area (Å²) in [4.78, 5) is 13.4. The van der Waals surface area contributed by atoms with Crippen molar-refractivity contribution in [1.29, 1.82) is 0 Å². The van der Waals surface area contributed by atoms with Crippen LogP contribution >= 0.6 is 11.6 Å². The summed E-state index contributed by atoms with van der Waals surface area (Å²) in [7, 11) is 0. The predicted molar refractivity (Wildman–Crippen MR) is 52.9 cm³/mol. The average Bonchev–Trinajstić information content (AvgIpc) is 2.60. The normalized spacial score (nSPS) is 14.5. The number of alkyl halides is 3. The van der Waals surface area contributed by atoms with E-state index < -0.39 is 27.4 Å². The van der Waals surface area contributed by atoms with Crippen molar-refractivity contribution in [2.75, 3.05) is 0 Å². The molecule has 0 N–H and O–H groups in total. The maximum Gasteiger partial charge on any atom is 0.419 e. The fourth-order valence-electron chi connectivity index (χ4n) is 1.60. The molecule has 1 aliphatic rings. The Kier molecular flexibility index (Phi) is 2.57. The number of nitrogens with zero attached hydrogens (tertiary/aromatic N) is 2. The Labute approximate surface area is 97.9 Å². The largest absolute Gasteiger partial charge is 0.419 e. The van der Waals surface area contributed by atoms with E-state index in [0.717, 1.165) is 0 Å². The molecule has 0 amide bonds. The zero-order valence-corrected chi connectivity index (χ0v) is 8.84. The zero-order valence-electron chi connectivity index (χ0n) is 8.08.